The van der Waals surface area contributed by atoms with Gasteiger partial charge in [-0.3, -0.25) is 4.99 Å². The van der Waals surface area contributed by atoms with Crippen molar-refractivity contribution >= 4 is 34.2 Å². The lowest BCUT2D eigenvalue weighted by atomic mass is 10.1. The molecule has 1 atom stereocenters. The lowest BCUT2D eigenvalue weighted by Gasteiger charge is -2.10. The number of amidine groups is 1. The minimum atomic E-state index is 0.422. The number of halogens is 1. The third kappa shape index (κ3) is 2.96. The summed E-state index contributed by atoms with van der Waals surface area (Å²) in [5, 5.41) is 5.08. The van der Waals surface area contributed by atoms with Crippen molar-refractivity contribution in [3.05, 3.63) is 28.8 Å². The molecule has 0 aliphatic carbocycles. The molecule has 17 heavy (non-hydrogen) atoms. The highest BCUT2D eigenvalue weighted by Gasteiger charge is 2.21. The third-order valence-corrected chi connectivity index (χ3v) is 4.20. The molecule has 0 fully saturated rings. The van der Waals surface area contributed by atoms with Gasteiger partial charge in [0.05, 0.1) is 16.8 Å². The summed E-state index contributed by atoms with van der Waals surface area (Å²) < 4.78 is 0. The highest BCUT2D eigenvalue weighted by atomic mass is 35.5. The van der Waals surface area contributed by atoms with Crippen LogP contribution in [0.4, 0.5) is 5.69 Å². The van der Waals surface area contributed by atoms with Crippen LogP contribution in [0.3, 0.4) is 0 Å². The minimum Gasteiger partial charge on any atom is -0.334 e. The van der Waals surface area contributed by atoms with E-state index in [9.17, 15) is 0 Å². The predicted octanol–water partition coefficient (Wildman–Crippen LogP) is 4.19. The predicted molar refractivity (Wildman–Crippen MR) is 78.3 cm³/mol. The second-order valence-corrected chi connectivity index (χ2v) is 6.03. The van der Waals surface area contributed by atoms with Crippen molar-refractivity contribution < 1.29 is 0 Å². The molecule has 1 aromatic carbocycles. The Morgan fingerprint density at radius 1 is 1.47 bits per heavy atom. The van der Waals surface area contributed by atoms with Crippen molar-refractivity contribution in [2.45, 2.75) is 26.8 Å². The molecule has 0 bridgehead atoms. The fourth-order valence-electron chi connectivity index (χ4n) is 1.70. The van der Waals surface area contributed by atoms with Gasteiger partial charge < -0.3 is 5.32 Å². The average molecular weight is 269 g/mol. The molecule has 0 radical (unpaired) electrons. The summed E-state index contributed by atoms with van der Waals surface area (Å²) in [4.78, 5) is 4.67. The first-order valence-corrected chi connectivity index (χ1v) is 7.17. The van der Waals surface area contributed by atoms with Crippen molar-refractivity contribution in [3.63, 3.8) is 0 Å². The van der Waals surface area contributed by atoms with Gasteiger partial charge in [0.25, 0.3) is 0 Å². The number of aliphatic imine (C=N–C) groups is 1. The van der Waals surface area contributed by atoms with Gasteiger partial charge in [0.2, 0.25) is 0 Å². The Labute approximate surface area is 112 Å². The molecule has 0 spiro atoms. The Hall–Kier alpha value is -0.670. The zero-order valence-electron chi connectivity index (χ0n) is 10.3. The first kappa shape index (κ1) is 12.8. The van der Waals surface area contributed by atoms with E-state index in [0.717, 1.165) is 27.2 Å². The minimum absolute atomic E-state index is 0.422. The van der Waals surface area contributed by atoms with Crippen LogP contribution in [-0.2, 0) is 0 Å². The van der Waals surface area contributed by atoms with Crippen molar-refractivity contribution in [2.75, 3.05) is 11.1 Å². The SMILES string of the molecule is Cc1cccc(Cl)c1NC1=NC(C(C)C)CS1. The number of para-hydroxylation sites is 1. The molecule has 1 unspecified atom stereocenters. The number of rotatable bonds is 2. The molecule has 2 rings (SSSR count). The smallest absolute Gasteiger partial charge is 0.161 e. The van der Waals surface area contributed by atoms with Gasteiger partial charge in [-0.25, -0.2) is 0 Å². The van der Waals surface area contributed by atoms with Gasteiger partial charge in [0.1, 0.15) is 0 Å². The molecule has 4 heteroatoms. The molecule has 1 aromatic rings. The van der Waals surface area contributed by atoms with Gasteiger partial charge in [-0.1, -0.05) is 49.3 Å². The van der Waals surface area contributed by atoms with Crippen LogP contribution in [0.25, 0.3) is 0 Å². The van der Waals surface area contributed by atoms with E-state index in [1.54, 1.807) is 11.8 Å². The van der Waals surface area contributed by atoms with Crippen molar-refractivity contribution in [2.24, 2.45) is 10.9 Å². The maximum absolute atomic E-state index is 6.18. The lowest BCUT2D eigenvalue weighted by Crippen LogP contribution is -2.12. The van der Waals surface area contributed by atoms with E-state index < -0.39 is 0 Å². The normalized spacial score (nSPS) is 19.6. The average Bonchev–Trinajstić information content (AvgIpc) is 2.72. The summed E-state index contributed by atoms with van der Waals surface area (Å²) in [5.74, 6) is 1.65. The highest BCUT2D eigenvalue weighted by molar-refractivity contribution is 8.14. The van der Waals surface area contributed by atoms with Crippen molar-refractivity contribution in [1.82, 2.24) is 0 Å². The van der Waals surface area contributed by atoms with Gasteiger partial charge in [0, 0.05) is 5.75 Å². The van der Waals surface area contributed by atoms with Crippen LogP contribution in [-0.4, -0.2) is 17.0 Å². The van der Waals surface area contributed by atoms with Gasteiger partial charge in [0.15, 0.2) is 5.17 Å². The molecule has 0 aromatic heterocycles. The highest BCUT2D eigenvalue weighted by Crippen LogP contribution is 2.29. The van der Waals surface area contributed by atoms with E-state index in [-0.39, 0.29) is 0 Å². The van der Waals surface area contributed by atoms with E-state index in [1.165, 1.54) is 0 Å². The number of hydrogen-bond donors (Lipinski definition) is 1. The standard InChI is InChI=1S/C13H17ClN2S/c1-8(2)11-7-17-13(15-11)16-12-9(3)5-4-6-10(12)14/h4-6,8,11H,7H2,1-3H3,(H,15,16). The molecule has 0 amide bonds. The quantitative estimate of drug-likeness (QED) is 0.870. The summed E-state index contributed by atoms with van der Waals surface area (Å²) in [6.45, 7) is 6.46. The Kier molecular flexibility index (Phi) is 4.00. The molecule has 1 aliphatic rings. The first-order chi connectivity index (χ1) is 8.08. The Morgan fingerprint density at radius 3 is 2.82 bits per heavy atom. The van der Waals surface area contributed by atoms with Crippen LogP contribution >= 0.6 is 23.4 Å². The van der Waals surface area contributed by atoms with Crippen molar-refractivity contribution in [3.8, 4) is 0 Å². The van der Waals surface area contributed by atoms with Gasteiger partial charge in [-0.2, -0.15) is 0 Å². The number of aryl methyl sites for hydroxylation is 1. The molecule has 1 heterocycles. The molecule has 0 saturated carbocycles. The van der Waals surface area contributed by atoms with Crippen LogP contribution in [0.15, 0.2) is 23.2 Å². The maximum Gasteiger partial charge on any atom is 0.161 e. The van der Waals surface area contributed by atoms with E-state index in [1.807, 2.05) is 25.1 Å². The molecular formula is C13H17ClN2S. The maximum atomic E-state index is 6.18. The molecule has 2 nitrogen and oxygen atoms in total. The van der Waals surface area contributed by atoms with Crippen LogP contribution < -0.4 is 5.32 Å². The largest absolute Gasteiger partial charge is 0.334 e. The van der Waals surface area contributed by atoms with E-state index in [4.69, 9.17) is 11.6 Å². The second kappa shape index (κ2) is 5.32. The summed E-state index contributed by atoms with van der Waals surface area (Å²) in [7, 11) is 0. The summed E-state index contributed by atoms with van der Waals surface area (Å²) >= 11 is 7.95. The molecule has 0 saturated heterocycles. The first-order valence-electron chi connectivity index (χ1n) is 5.80. The molecule has 1 aliphatic heterocycles. The Morgan fingerprint density at radius 2 is 2.24 bits per heavy atom. The summed E-state index contributed by atoms with van der Waals surface area (Å²) in [5.41, 5.74) is 2.12. The van der Waals surface area contributed by atoms with Gasteiger partial charge in [-0.15, -0.1) is 0 Å². The summed E-state index contributed by atoms with van der Waals surface area (Å²) in [6.07, 6.45) is 0. The number of thioether (sulfide) groups is 1. The van der Waals surface area contributed by atoms with Gasteiger partial charge >= 0.3 is 0 Å². The molecule has 1 N–H and O–H groups in total. The topological polar surface area (TPSA) is 24.4 Å². The number of hydrogen-bond acceptors (Lipinski definition) is 3. The Balaban J connectivity index is 2.15. The molecule has 92 valence electrons. The van der Waals surface area contributed by atoms with Crippen LogP contribution in [0, 0.1) is 12.8 Å². The lowest BCUT2D eigenvalue weighted by molar-refractivity contribution is 0.543. The van der Waals surface area contributed by atoms with E-state index in [2.05, 4.69) is 24.2 Å². The second-order valence-electron chi connectivity index (χ2n) is 4.61. The van der Waals surface area contributed by atoms with Crippen LogP contribution in [0.1, 0.15) is 19.4 Å². The van der Waals surface area contributed by atoms with Crippen LogP contribution in [0.2, 0.25) is 5.02 Å². The van der Waals surface area contributed by atoms with E-state index >= 15 is 0 Å². The fraction of sp³-hybridized carbons (Fsp3) is 0.462. The number of benzene rings is 1. The number of anilines is 1. The van der Waals surface area contributed by atoms with Crippen LogP contribution in [0.5, 0.6) is 0 Å². The molecular weight excluding hydrogens is 252 g/mol. The third-order valence-electron chi connectivity index (χ3n) is 2.90. The number of nitrogens with zero attached hydrogens (tertiary/aromatic N) is 1. The van der Waals surface area contributed by atoms with Gasteiger partial charge in [-0.05, 0) is 24.5 Å². The van der Waals surface area contributed by atoms with E-state index in [0.29, 0.717) is 12.0 Å². The zero-order valence-corrected chi connectivity index (χ0v) is 11.9. The van der Waals surface area contributed by atoms with Crippen molar-refractivity contribution in [1.29, 1.82) is 0 Å². The fourth-order valence-corrected chi connectivity index (χ4v) is 3.14. The Bertz CT molecular complexity index is 423. The monoisotopic (exact) mass is 268 g/mol. The summed E-state index contributed by atoms with van der Waals surface area (Å²) in [6, 6.07) is 6.33. The zero-order chi connectivity index (χ0) is 12.4. The number of nitrogens with one attached hydrogen (secondary N) is 1.